The highest BCUT2D eigenvalue weighted by atomic mass is 32.2. The Labute approximate surface area is 81.7 Å². The molecule has 0 amide bonds. The summed E-state index contributed by atoms with van der Waals surface area (Å²) in [6.07, 6.45) is 2.09. The molecule has 1 aromatic carbocycles. The summed E-state index contributed by atoms with van der Waals surface area (Å²) in [6, 6.07) is 10.4. The lowest BCUT2D eigenvalue weighted by Crippen LogP contribution is -1.81. The van der Waals surface area contributed by atoms with E-state index in [0.29, 0.717) is 0 Å². The molecule has 0 fully saturated rings. The topological polar surface area (TPSA) is 0 Å². The van der Waals surface area contributed by atoms with Crippen LogP contribution in [0.2, 0.25) is 0 Å². The van der Waals surface area contributed by atoms with E-state index in [1.54, 1.807) is 11.8 Å². The first kappa shape index (κ1) is 8.02. The molecule has 60 valence electrons. The first-order valence-electron chi connectivity index (χ1n) is 3.79. The zero-order chi connectivity index (χ0) is 8.39. The van der Waals surface area contributed by atoms with Gasteiger partial charge in [-0.3, -0.25) is 0 Å². The molecule has 0 unspecified atom stereocenters. The summed E-state index contributed by atoms with van der Waals surface area (Å²) in [5.41, 5.74) is 2.65. The summed E-state index contributed by atoms with van der Waals surface area (Å²) in [5, 5.41) is 0. The Kier molecular flexibility index (Phi) is 2.28. The highest BCUT2D eigenvalue weighted by molar-refractivity contribution is 8.24. The van der Waals surface area contributed by atoms with E-state index in [1.807, 2.05) is 6.07 Å². The molecular weight excluding hydrogens is 184 g/mol. The van der Waals surface area contributed by atoms with Crippen molar-refractivity contribution in [1.82, 2.24) is 0 Å². The summed E-state index contributed by atoms with van der Waals surface area (Å²) >= 11 is 6.82. The van der Waals surface area contributed by atoms with Crippen LogP contribution < -0.4 is 0 Å². The Morgan fingerprint density at radius 3 is 2.50 bits per heavy atom. The Morgan fingerprint density at radius 1 is 1.17 bits per heavy atom. The molecule has 0 aliphatic carbocycles. The van der Waals surface area contributed by atoms with Crippen molar-refractivity contribution in [3.05, 3.63) is 42.0 Å². The Morgan fingerprint density at radius 2 is 1.92 bits per heavy atom. The number of hydrogen-bond donors (Lipinski definition) is 0. The second kappa shape index (κ2) is 3.42. The van der Waals surface area contributed by atoms with E-state index in [9.17, 15) is 0 Å². The lowest BCUT2D eigenvalue weighted by molar-refractivity contribution is 1.59. The number of benzene rings is 1. The maximum atomic E-state index is 5.08. The van der Waals surface area contributed by atoms with Crippen LogP contribution in [0.25, 0.3) is 5.57 Å². The molecule has 0 nitrogen and oxygen atoms in total. The van der Waals surface area contributed by atoms with Gasteiger partial charge in [0.1, 0.15) is 0 Å². The van der Waals surface area contributed by atoms with Gasteiger partial charge in [-0.1, -0.05) is 42.5 Å². The van der Waals surface area contributed by atoms with Crippen molar-refractivity contribution in [1.29, 1.82) is 0 Å². The fourth-order valence-corrected chi connectivity index (χ4v) is 2.29. The molecule has 0 saturated heterocycles. The van der Waals surface area contributed by atoms with Crippen molar-refractivity contribution in [3.63, 3.8) is 0 Å². The minimum Gasteiger partial charge on any atom is -0.110 e. The van der Waals surface area contributed by atoms with Crippen molar-refractivity contribution in [2.75, 3.05) is 5.75 Å². The maximum absolute atomic E-state index is 5.08. The van der Waals surface area contributed by atoms with Crippen LogP contribution in [0.1, 0.15) is 5.56 Å². The fourth-order valence-electron chi connectivity index (χ4n) is 1.19. The molecule has 0 radical (unpaired) electrons. The highest BCUT2D eigenvalue weighted by Gasteiger charge is 2.10. The predicted octanol–water partition coefficient (Wildman–Crippen LogP) is 3.14. The van der Waals surface area contributed by atoms with E-state index in [0.717, 1.165) is 9.95 Å². The van der Waals surface area contributed by atoms with Gasteiger partial charge in [0.05, 0.1) is 4.20 Å². The van der Waals surface area contributed by atoms with E-state index in [4.69, 9.17) is 12.2 Å². The lowest BCUT2D eigenvalue weighted by atomic mass is 10.1. The Bertz CT molecular complexity index is 325. The SMILES string of the molecule is S=C1C=C(c2ccccc2)CS1. The van der Waals surface area contributed by atoms with Crippen molar-refractivity contribution in [3.8, 4) is 0 Å². The molecule has 0 saturated carbocycles. The lowest BCUT2D eigenvalue weighted by Gasteiger charge is -1.98. The Hall–Kier alpha value is -0.600. The molecule has 2 rings (SSSR count). The van der Waals surface area contributed by atoms with Crippen LogP contribution in [0.4, 0.5) is 0 Å². The third kappa shape index (κ3) is 1.59. The molecule has 0 spiro atoms. The van der Waals surface area contributed by atoms with Gasteiger partial charge in [0.2, 0.25) is 0 Å². The predicted molar refractivity (Wildman–Crippen MR) is 59.5 cm³/mol. The van der Waals surface area contributed by atoms with Gasteiger partial charge in [-0.15, -0.1) is 11.8 Å². The average molecular weight is 192 g/mol. The quantitative estimate of drug-likeness (QED) is 0.627. The largest absolute Gasteiger partial charge is 0.110 e. The van der Waals surface area contributed by atoms with Gasteiger partial charge in [-0.2, -0.15) is 0 Å². The van der Waals surface area contributed by atoms with E-state index >= 15 is 0 Å². The standard InChI is InChI=1S/C10H8S2/c11-10-6-9(7-12-10)8-4-2-1-3-5-8/h1-6H,7H2. The second-order valence-corrected chi connectivity index (χ2v) is 4.36. The zero-order valence-electron chi connectivity index (χ0n) is 6.49. The van der Waals surface area contributed by atoms with E-state index in [-0.39, 0.29) is 0 Å². The highest BCUT2D eigenvalue weighted by Crippen LogP contribution is 2.27. The summed E-state index contributed by atoms with van der Waals surface area (Å²) < 4.78 is 1.01. The molecule has 0 bridgehead atoms. The first-order chi connectivity index (χ1) is 5.86. The van der Waals surface area contributed by atoms with Gasteiger partial charge in [0.25, 0.3) is 0 Å². The van der Waals surface area contributed by atoms with Gasteiger partial charge in [0, 0.05) is 5.75 Å². The third-order valence-corrected chi connectivity index (χ3v) is 3.14. The Balaban J connectivity index is 2.33. The molecule has 0 atom stereocenters. The van der Waals surface area contributed by atoms with E-state index in [1.165, 1.54) is 11.1 Å². The van der Waals surface area contributed by atoms with Crippen LogP contribution in [0.3, 0.4) is 0 Å². The molecule has 2 heteroatoms. The monoisotopic (exact) mass is 192 g/mol. The van der Waals surface area contributed by atoms with E-state index < -0.39 is 0 Å². The van der Waals surface area contributed by atoms with Crippen LogP contribution in [0, 0.1) is 0 Å². The number of hydrogen-bond acceptors (Lipinski definition) is 2. The average Bonchev–Trinajstić information content (AvgIpc) is 2.54. The number of thiocarbonyl (C=S) groups is 1. The van der Waals surface area contributed by atoms with Crippen LogP contribution in [0.15, 0.2) is 36.4 Å². The summed E-state index contributed by atoms with van der Waals surface area (Å²) in [5.74, 6) is 1.03. The molecule has 1 heterocycles. The van der Waals surface area contributed by atoms with Gasteiger partial charge in [-0.25, -0.2) is 0 Å². The summed E-state index contributed by atoms with van der Waals surface area (Å²) in [6.45, 7) is 0. The minimum atomic E-state index is 1.01. The van der Waals surface area contributed by atoms with Gasteiger partial charge in [-0.05, 0) is 17.2 Å². The third-order valence-electron chi connectivity index (χ3n) is 1.81. The van der Waals surface area contributed by atoms with E-state index in [2.05, 4.69) is 30.3 Å². The molecule has 12 heavy (non-hydrogen) atoms. The first-order valence-corrected chi connectivity index (χ1v) is 5.18. The second-order valence-electron chi connectivity index (χ2n) is 2.64. The smallest absolute Gasteiger partial charge is 0.0712 e. The van der Waals surface area contributed by atoms with Gasteiger partial charge < -0.3 is 0 Å². The van der Waals surface area contributed by atoms with Crippen molar-refractivity contribution >= 4 is 33.7 Å². The van der Waals surface area contributed by atoms with Crippen molar-refractivity contribution < 1.29 is 0 Å². The molecular formula is C10H8S2. The maximum Gasteiger partial charge on any atom is 0.0712 e. The molecule has 1 aliphatic rings. The molecule has 0 aromatic heterocycles. The fraction of sp³-hybridized carbons (Fsp3) is 0.100. The summed E-state index contributed by atoms with van der Waals surface area (Å²) in [7, 11) is 0. The summed E-state index contributed by atoms with van der Waals surface area (Å²) in [4.78, 5) is 0. The zero-order valence-corrected chi connectivity index (χ0v) is 8.12. The molecule has 1 aromatic rings. The van der Waals surface area contributed by atoms with Crippen LogP contribution in [-0.2, 0) is 0 Å². The van der Waals surface area contributed by atoms with Crippen LogP contribution in [0.5, 0.6) is 0 Å². The van der Waals surface area contributed by atoms with Gasteiger partial charge in [0.15, 0.2) is 0 Å². The normalized spacial score (nSPS) is 16.3. The van der Waals surface area contributed by atoms with Crippen LogP contribution >= 0.6 is 24.0 Å². The number of thioether (sulfide) groups is 1. The van der Waals surface area contributed by atoms with Crippen molar-refractivity contribution in [2.24, 2.45) is 0 Å². The number of rotatable bonds is 1. The van der Waals surface area contributed by atoms with Gasteiger partial charge >= 0.3 is 0 Å². The van der Waals surface area contributed by atoms with Crippen molar-refractivity contribution in [2.45, 2.75) is 0 Å². The van der Waals surface area contributed by atoms with Crippen LogP contribution in [-0.4, -0.2) is 9.95 Å². The molecule has 0 N–H and O–H groups in total. The molecule has 1 aliphatic heterocycles. The minimum absolute atomic E-state index is 1.01.